The van der Waals surface area contributed by atoms with Crippen molar-refractivity contribution in [2.24, 2.45) is 5.14 Å². The van der Waals surface area contributed by atoms with Gasteiger partial charge < -0.3 is 0 Å². The van der Waals surface area contributed by atoms with Crippen LogP contribution in [0.25, 0.3) is 0 Å². The van der Waals surface area contributed by atoms with Crippen LogP contribution in [-0.4, -0.2) is 23.4 Å². The first kappa shape index (κ1) is 18.1. The molecule has 0 atom stereocenters. The predicted molar refractivity (Wildman–Crippen MR) is 87.9 cm³/mol. The fraction of sp³-hybridized carbons (Fsp3) is 0.133. The third kappa shape index (κ3) is 4.62. The molecule has 0 heterocycles. The molecular weight excluding hydrogens is 350 g/mol. The Hall–Kier alpha value is -2.25. The van der Waals surface area contributed by atoms with Crippen LogP contribution in [0.2, 0.25) is 0 Å². The van der Waals surface area contributed by atoms with E-state index in [4.69, 9.17) is 10.4 Å². The van der Waals surface area contributed by atoms with E-state index in [0.717, 1.165) is 5.56 Å². The summed E-state index contributed by atoms with van der Waals surface area (Å²) in [6, 6.07) is 13.5. The Balaban J connectivity index is 2.02. The maximum absolute atomic E-state index is 12.2. The fourth-order valence-electron chi connectivity index (χ4n) is 1.99. The maximum Gasteiger partial charge on any atom is 0.240 e. The van der Waals surface area contributed by atoms with Crippen LogP contribution in [0.1, 0.15) is 11.1 Å². The molecule has 0 spiro atoms. The molecule has 0 fully saturated rings. The topological polar surface area (TPSA) is 130 Å². The van der Waals surface area contributed by atoms with E-state index in [-0.39, 0.29) is 21.9 Å². The van der Waals surface area contributed by atoms with Crippen molar-refractivity contribution in [1.82, 2.24) is 4.72 Å². The summed E-state index contributed by atoms with van der Waals surface area (Å²) in [5.41, 5.74) is 1.02. The highest BCUT2D eigenvalue weighted by Crippen LogP contribution is 2.12. The zero-order valence-electron chi connectivity index (χ0n) is 12.5. The van der Waals surface area contributed by atoms with Gasteiger partial charge >= 0.3 is 0 Å². The minimum absolute atomic E-state index is 0.000138. The minimum Gasteiger partial charge on any atom is -0.225 e. The Morgan fingerprint density at radius 3 is 2.25 bits per heavy atom. The zero-order valence-corrected chi connectivity index (χ0v) is 14.1. The zero-order chi connectivity index (χ0) is 17.8. The van der Waals surface area contributed by atoms with Crippen LogP contribution in [0.5, 0.6) is 0 Å². The number of sulfonamides is 2. The Labute approximate surface area is 140 Å². The van der Waals surface area contributed by atoms with E-state index >= 15 is 0 Å². The average Bonchev–Trinajstić information content (AvgIpc) is 2.54. The lowest BCUT2D eigenvalue weighted by molar-refractivity contribution is 0.581. The van der Waals surface area contributed by atoms with Gasteiger partial charge in [0, 0.05) is 6.54 Å². The fourth-order valence-corrected chi connectivity index (χ4v) is 3.58. The van der Waals surface area contributed by atoms with Crippen molar-refractivity contribution in [2.45, 2.75) is 16.2 Å². The van der Waals surface area contributed by atoms with Crippen molar-refractivity contribution < 1.29 is 16.8 Å². The number of nitriles is 1. The van der Waals surface area contributed by atoms with Crippen LogP contribution >= 0.6 is 0 Å². The van der Waals surface area contributed by atoms with Crippen LogP contribution in [-0.2, 0) is 26.5 Å². The average molecular weight is 365 g/mol. The summed E-state index contributed by atoms with van der Waals surface area (Å²) < 4.78 is 49.1. The predicted octanol–water partition coefficient (Wildman–Crippen LogP) is 0.727. The van der Waals surface area contributed by atoms with E-state index < -0.39 is 20.0 Å². The molecule has 0 aliphatic heterocycles. The van der Waals surface area contributed by atoms with Gasteiger partial charge in [0.05, 0.1) is 21.4 Å². The van der Waals surface area contributed by atoms with Gasteiger partial charge in [-0.05, 0) is 42.3 Å². The van der Waals surface area contributed by atoms with Gasteiger partial charge in [-0.3, -0.25) is 0 Å². The number of hydrogen-bond acceptors (Lipinski definition) is 5. The minimum atomic E-state index is -3.74. The Bertz CT molecular complexity index is 976. The number of primary sulfonamides is 1. The summed E-state index contributed by atoms with van der Waals surface area (Å²) >= 11 is 0. The third-order valence-corrected chi connectivity index (χ3v) is 5.62. The largest absolute Gasteiger partial charge is 0.240 e. The van der Waals surface area contributed by atoms with E-state index in [2.05, 4.69) is 4.72 Å². The summed E-state index contributed by atoms with van der Waals surface area (Å²) in [5, 5.41) is 13.8. The maximum atomic E-state index is 12.2. The third-order valence-electron chi connectivity index (χ3n) is 3.23. The van der Waals surface area contributed by atoms with Gasteiger partial charge in [-0.25, -0.2) is 26.7 Å². The van der Waals surface area contributed by atoms with Gasteiger partial charge in [-0.1, -0.05) is 18.2 Å². The number of benzene rings is 2. The van der Waals surface area contributed by atoms with Gasteiger partial charge in [-0.15, -0.1) is 0 Å². The van der Waals surface area contributed by atoms with Crippen molar-refractivity contribution in [1.29, 1.82) is 5.26 Å². The van der Waals surface area contributed by atoms with Crippen molar-refractivity contribution in [3.8, 4) is 6.07 Å². The lowest BCUT2D eigenvalue weighted by Gasteiger charge is -2.07. The molecule has 3 N–H and O–H groups in total. The molecule has 0 amide bonds. The van der Waals surface area contributed by atoms with Crippen molar-refractivity contribution in [3.63, 3.8) is 0 Å². The summed E-state index contributed by atoms with van der Waals surface area (Å²) in [5.74, 6) is 0. The molecular formula is C15H15N3O4S2. The Morgan fingerprint density at radius 1 is 1.00 bits per heavy atom. The Kier molecular flexibility index (Phi) is 5.36. The van der Waals surface area contributed by atoms with Crippen molar-refractivity contribution in [2.75, 3.05) is 6.54 Å². The molecule has 9 heteroatoms. The number of nitrogens with one attached hydrogen (secondary N) is 1. The van der Waals surface area contributed by atoms with E-state index in [0.29, 0.717) is 6.42 Å². The first-order chi connectivity index (χ1) is 11.2. The molecule has 2 aromatic carbocycles. The molecule has 0 aromatic heterocycles. The summed E-state index contributed by atoms with van der Waals surface area (Å²) in [7, 11) is -7.46. The second-order valence-electron chi connectivity index (χ2n) is 4.98. The Morgan fingerprint density at radius 2 is 1.67 bits per heavy atom. The number of nitrogens with two attached hydrogens (primary N) is 1. The summed E-state index contributed by atoms with van der Waals surface area (Å²) in [6.45, 7) is 0.133. The van der Waals surface area contributed by atoms with Gasteiger partial charge in [0.15, 0.2) is 0 Å². The molecule has 0 unspecified atom stereocenters. The highest BCUT2D eigenvalue weighted by molar-refractivity contribution is 7.89. The van der Waals surface area contributed by atoms with Gasteiger partial charge in [0.1, 0.15) is 0 Å². The van der Waals surface area contributed by atoms with Crippen LogP contribution in [0.4, 0.5) is 0 Å². The molecule has 0 bridgehead atoms. The van der Waals surface area contributed by atoms with Crippen LogP contribution < -0.4 is 9.86 Å². The first-order valence-corrected chi connectivity index (χ1v) is 9.87. The van der Waals surface area contributed by atoms with Gasteiger partial charge in [0.25, 0.3) is 0 Å². The smallest absolute Gasteiger partial charge is 0.225 e. The second-order valence-corrected chi connectivity index (χ2v) is 8.30. The second kappa shape index (κ2) is 7.11. The number of hydrogen-bond donors (Lipinski definition) is 2. The molecule has 0 radical (unpaired) electrons. The summed E-state index contributed by atoms with van der Waals surface area (Å²) in [4.78, 5) is 0.0197. The molecule has 2 rings (SSSR count). The quantitative estimate of drug-likeness (QED) is 0.779. The lowest BCUT2D eigenvalue weighted by Crippen LogP contribution is -2.26. The van der Waals surface area contributed by atoms with E-state index in [1.807, 2.05) is 6.07 Å². The molecule has 24 heavy (non-hydrogen) atoms. The van der Waals surface area contributed by atoms with Gasteiger partial charge in [0.2, 0.25) is 20.0 Å². The SMILES string of the molecule is N#Cc1cccc(S(=O)(=O)NCCc2ccc(S(N)(=O)=O)cc2)c1. The monoisotopic (exact) mass is 365 g/mol. The standard InChI is InChI=1S/C15H15N3O4S2/c16-11-13-2-1-3-15(10-13)24(21,22)18-9-8-12-4-6-14(7-5-12)23(17,19)20/h1-7,10,18H,8-9H2,(H2,17,19,20). The molecule has 0 saturated carbocycles. The van der Waals surface area contributed by atoms with Crippen LogP contribution in [0.15, 0.2) is 58.3 Å². The molecule has 126 valence electrons. The van der Waals surface area contributed by atoms with Crippen LogP contribution in [0.3, 0.4) is 0 Å². The molecule has 7 nitrogen and oxygen atoms in total. The van der Waals surface area contributed by atoms with Gasteiger partial charge in [-0.2, -0.15) is 5.26 Å². The number of nitrogens with zero attached hydrogens (tertiary/aromatic N) is 1. The van der Waals surface area contributed by atoms with E-state index in [9.17, 15) is 16.8 Å². The lowest BCUT2D eigenvalue weighted by atomic mass is 10.2. The van der Waals surface area contributed by atoms with Crippen molar-refractivity contribution >= 4 is 20.0 Å². The summed E-state index contributed by atoms with van der Waals surface area (Å²) in [6.07, 6.45) is 0.377. The first-order valence-electron chi connectivity index (χ1n) is 6.84. The molecule has 0 saturated heterocycles. The molecule has 2 aromatic rings. The van der Waals surface area contributed by atoms with Crippen LogP contribution in [0, 0.1) is 11.3 Å². The molecule has 0 aliphatic rings. The molecule has 0 aliphatic carbocycles. The normalized spacial score (nSPS) is 11.8. The van der Waals surface area contributed by atoms with E-state index in [1.165, 1.54) is 36.4 Å². The number of rotatable bonds is 6. The highest BCUT2D eigenvalue weighted by atomic mass is 32.2. The highest BCUT2D eigenvalue weighted by Gasteiger charge is 2.14. The van der Waals surface area contributed by atoms with Crippen molar-refractivity contribution in [3.05, 3.63) is 59.7 Å². The van der Waals surface area contributed by atoms with E-state index in [1.54, 1.807) is 12.1 Å².